The fraction of sp³-hybridized carbons (Fsp3) is 0.400. The van der Waals surface area contributed by atoms with Gasteiger partial charge in [-0.25, -0.2) is 9.78 Å². The Bertz CT molecular complexity index is 1550. The average molecular weight is 520 g/mol. The zero-order valence-corrected chi connectivity index (χ0v) is 23.3. The van der Waals surface area contributed by atoms with Gasteiger partial charge in [0.25, 0.3) is 0 Å². The summed E-state index contributed by atoms with van der Waals surface area (Å²) in [5.41, 5.74) is 6.83. The van der Waals surface area contributed by atoms with Crippen LogP contribution in [0.2, 0.25) is 0 Å². The molecule has 1 atom stereocenters. The smallest absolute Gasteiger partial charge is 0.339 e. The van der Waals surface area contributed by atoms with Gasteiger partial charge in [0.2, 0.25) is 5.88 Å². The van der Waals surface area contributed by atoms with E-state index >= 15 is 0 Å². The minimum atomic E-state index is -0.975. The molecule has 0 amide bonds. The Morgan fingerprint density at radius 1 is 1.14 bits per heavy atom. The van der Waals surface area contributed by atoms with E-state index in [-0.39, 0.29) is 5.88 Å². The molecule has 0 spiro atoms. The number of benzene rings is 2. The van der Waals surface area contributed by atoms with Crippen LogP contribution >= 0.6 is 11.3 Å². The van der Waals surface area contributed by atoms with Gasteiger partial charge in [0.05, 0.1) is 29.5 Å². The molecule has 3 heterocycles. The number of pyridine rings is 1. The summed E-state index contributed by atoms with van der Waals surface area (Å²) in [6.45, 7) is 12.6. The number of rotatable bonds is 4. The number of esters is 1. The van der Waals surface area contributed by atoms with E-state index in [9.17, 15) is 9.90 Å². The molecule has 0 aliphatic carbocycles. The van der Waals surface area contributed by atoms with Crippen LogP contribution in [0.1, 0.15) is 61.1 Å². The molecule has 2 aromatic heterocycles. The summed E-state index contributed by atoms with van der Waals surface area (Å²) in [6, 6.07) is 6.14. The summed E-state index contributed by atoms with van der Waals surface area (Å²) >= 11 is 1.47. The van der Waals surface area contributed by atoms with Crippen LogP contribution < -0.4 is 4.74 Å². The van der Waals surface area contributed by atoms with E-state index < -0.39 is 17.7 Å². The Morgan fingerprint density at radius 2 is 1.89 bits per heavy atom. The third-order valence-electron chi connectivity index (χ3n) is 7.17. The van der Waals surface area contributed by atoms with Crippen LogP contribution in [0.5, 0.6) is 11.6 Å². The summed E-state index contributed by atoms with van der Waals surface area (Å²) in [4.78, 5) is 17.9. The highest BCUT2D eigenvalue weighted by Crippen LogP contribution is 2.47. The number of thiophene rings is 1. The lowest BCUT2D eigenvalue weighted by Crippen LogP contribution is -2.29. The number of carbonyl (C=O) groups is 1. The molecule has 1 aliphatic heterocycles. The van der Waals surface area contributed by atoms with Gasteiger partial charge >= 0.3 is 5.97 Å². The number of carbonyl (C=O) groups excluding carboxylic acids is 1. The van der Waals surface area contributed by atoms with Gasteiger partial charge < -0.3 is 19.3 Å². The molecule has 7 heteroatoms. The third kappa shape index (κ3) is 4.24. The lowest BCUT2D eigenvalue weighted by atomic mass is 9.82. The molecule has 0 saturated heterocycles. The van der Waals surface area contributed by atoms with Crippen molar-refractivity contribution in [1.29, 1.82) is 0 Å². The van der Waals surface area contributed by atoms with Gasteiger partial charge in [-0.1, -0.05) is 6.07 Å². The van der Waals surface area contributed by atoms with Gasteiger partial charge in [-0.15, -0.1) is 11.3 Å². The lowest BCUT2D eigenvalue weighted by molar-refractivity contribution is -0.164. The molecule has 0 fully saturated rings. The van der Waals surface area contributed by atoms with E-state index in [1.54, 1.807) is 0 Å². The number of ether oxygens (including phenoxy) is 3. The lowest BCUT2D eigenvalue weighted by Gasteiger charge is -2.31. The van der Waals surface area contributed by atoms with Crippen LogP contribution in [0.15, 0.2) is 23.6 Å². The van der Waals surface area contributed by atoms with Crippen molar-refractivity contribution in [1.82, 2.24) is 4.98 Å². The number of methoxy groups -OCH3 is 1. The first-order valence-electron chi connectivity index (χ1n) is 12.6. The number of aryl methyl sites for hydroxylation is 2. The van der Waals surface area contributed by atoms with Crippen molar-refractivity contribution in [3.63, 3.8) is 0 Å². The summed E-state index contributed by atoms with van der Waals surface area (Å²) in [5.74, 6) is 0.441. The SMILES string of the molecule is COC(=O)[C@@H](OC(C)(C)C)c1c(-c2ccc3c(c2C)CCCO3)c(C)c2c(nc(O)c3sccc32)c1C. The van der Waals surface area contributed by atoms with Crippen LogP contribution in [0, 0.1) is 20.8 Å². The molecule has 1 aliphatic rings. The molecule has 6 nitrogen and oxygen atoms in total. The first kappa shape index (κ1) is 25.5. The van der Waals surface area contributed by atoms with Crippen LogP contribution in [0.25, 0.3) is 32.1 Å². The maximum atomic E-state index is 13.3. The quantitative estimate of drug-likeness (QED) is 0.290. The first-order valence-corrected chi connectivity index (χ1v) is 13.5. The van der Waals surface area contributed by atoms with E-state index in [1.165, 1.54) is 24.0 Å². The van der Waals surface area contributed by atoms with Crippen molar-refractivity contribution in [2.75, 3.05) is 13.7 Å². The molecule has 0 saturated carbocycles. The second-order valence-electron chi connectivity index (χ2n) is 10.7. The standard InChI is InChI=1S/C30H33NO5S/c1-15-18-9-8-13-35-21(18)11-10-19(15)22-16(2)23-20-12-14-37-27(20)28(32)31-25(23)17(3)24(22)26(29(33)34-7)36-30(4,5)6/h10-12,14,26H,8-9,13H2,1-7H3,(H,31,32)/t26-/m0/s1. The zero-order valence-electron chi connectivity index (χ0n) is 22.4. The largest absolute Gasteiger partial charge is 0.493 e. The van der Waals surface area contributed by atoms with Gasteiger partial charge in [0.1, 0.15) is 5.75 Å². The van der Waals surface area contributed by atoms with Crippen molar-refractivity contribution in [2.24, 2.45) is 0 Å². The monoisotopic (exact) mass is 519 g/mol. The van der Waals surface area contributed by atoms with Gasteiger partial charge in [-0.05, 0) is 105 Å². The van der Waals surface area contributed by atoms with Crippen LogP contribution in [-0.2, 0) is 20.7 Å². The molecule has 4 aromatic rings. The molecule has 5 rings (SSSR count). The Kier molecular flexibility index (Phi) is 6.40. The van der Waals surface area contributed by atoms with Crippen molar-refractivity contribution in [3.8, 4) is 22.8 Å². The fourth-order valence-corrected chi connectivity index (χ4v) is 6.34. The highest BCUT2D eigenvalue weighted by molar-refractivity contribution is 7.17. The molecule has 0 bridgehead atoms. The third-order valence-corrected chi connectivity index (χ3v) is 8.08. The van der Waals surface area contributed by atoms with Gasteiger partial charge in [-0.3, -0.25) is 0 Å². The van der Waals surface area contributed by atoms with Crippen molar-refractivity contribution in [3.05, 3.63) is 51.4 Å². The minimum absolute atomic E-state index is 0.00725. The molecular formula is C30H33NO5S. The number of hydrogen-bond acceptors (Lipinski definition) is 7. The number of aromatic hydroxyl groups is 1. The summed E-state index contributed by atoms with van der Waals surface area (Å²) in [7, 11) is 1.38. The molecule has 0 radical (unpaired) electrons. The molecule has 0 unspecified atom stereocenters. The maximum Gasteiger partial charge on any atom is 0.339 e. The van der Waals surface area contributed by atoms with Crippen LogP contribution in [-0.4, -0.2) is 35.4 Å². The highest BCUT2D eigenvalue weighted by Gasteiger charge is 2.35. The molecule has 2 aromatic carbocycles. The Hall–Kier alpha value is -3.16. The van der Waals surface area contributed by atoms with Gasteiger partial charge in [0, 0.05) is 16.3 Å². The predicted octanol–water partition coefficient (Wildman–Crippen LogP) is 7.10. The number of nitrogens with zero attached hydrogens (tertiary/aromatic N) is 1. The molecular weight excluding hydrogens is 486 g/mol. The van der Waals surface area contributed by atoms with Crippen LogP contribution in [0.3, 0.4) is 0 Å². The number of aromatic nitrogens is 1. The second-order valence-corrected chi connectivity index (χ2v) is 11.6. The Morgan fingerprint density at radius 3 is 2.59 bits per heavy atom. The topological polar surface area (TPSA) is 77.9 Å². The molecule has 37 heavy (non-hydrogen) atoms. The summed E-state index contributed by atoms with van der Waals surface area (Å²) < 4.78 is 18.3. The Balaban J connectivity index is 1.95. The van der Waals surface area contributed by atoms with Crippen molar-refractivity contribution < 1.29 is 24.1 Å². The number of hydrogen-bond donors (Lipinski definition) is 1. The average Bonchev–Trinajstić information content (AvgIpc) is 3.35. The van der Waals surface area contributed by atoms with Crippen molar-refractivity contribution in [2.45, 2.75) is 66.1 Å². The highest BCUT2D eigenvalue weighted by atomic mass is 32.1. The van der Waals surface area contributed by atoms with Crippen molar-refractivity contribution >= 4 is 38.3 Å². The van der Waals surface area contributed by atoms with Gasteiger partial charge in [0.15, 0.2) is 6.10 Å². The van der Waals surface area contributed by atoms with E-state index in [1.807, 2.05) is 45.2 Å². The summed E-state index contributed by atoms with van der Waals surface area (Å²) in [6.07, 6.45) is 0.937. The first-order chi connectivity index (χ1) is 17.5. The second kappa shape index (κ2) is 9.30. The normalized spacial score (nSPS) is 14.5. The maximum absolute atomic E-state index is 13.3. The van der Waals surface area contributed by atoms with E-state index in [2.05, 4.69) is 24.9 Å². The molecule has 194 valence electrons. The van der Waals surface area contributed by atoms with E-state index in [0.717, 1.165) is 68.5 Å². The van der Waals surface area contributed by atoms with E-state index in [4.69, 9.17) is 14.2 Å². The van der Waals surface area contributed by atoms with Crippen LogP contribution in [0.4, 0.5) is 0 Å². The fourth-order valence-electron chi connectivity index (χ4n) is 5.55. The zero-order chi connectivity index (χ0) is 26.6. The predicted molar refractivity (Wildman–Crippen MR) is 148 cm³/mol. The Labute approximate surface area is 221 Å². The van der Waals surface area contributed by atoms with Gasteiger partial charge in [-0.2, -0.15) is 0 Å². The minimum Gasteiger partial charge on any atom is -0.493 e. The molecule has 1 N–H and O–H groups in total. The summed E-state index contributed by atoms with van der Waals surface area (Å²) in [5, 5.41) is 14.7. The number of fused-ring (bicyclic) bond motifs is 4. The van der Waals surface area contributed by atoms with E-state index in [0.29, 0.717) is 11.1 Å².